The Morgan fingerprint density at radius 1 is 1.32 bits per heavy atom. The molecular formula is C14H23N5. The smallest absolute Gasteiger partial charge is 0.120 e. The van der Waals surface area contributed by atoms with E-state index in [0.29, 0.717) is 0 Å². The molecule has 2 aromatic heterocycles. The molecule has 2 rings (SSSR count). The largest absolute Gasteiger partial charge is 0.341 e. The highest BCUT2D eigenvalue weighted by Gasteiger charge is 2.14. The first kappa shape index (κ1) is 13.8. The minimum atomic E-state index is 0.786. The van der Waals surface area contributed by atoms with Crippen LogP contribution in [0.1, 0.15) is 37.5 Å². The number of rotatable bonds is 6. The predicted octanol–water partition coefficient (Wildman–Crippen LogP) is 2.41. The summed E-state index contributed by atoms with van der Waals surface area (Å²) in [5.74, 6) is 0.978. The zero-order chi connectivity index (χ0) is 13.8. The third-order valence-corrected chi connectivity index (χ3v) is 3.30. The number of hydrogen-bond acceptors (Lipinski definition) is 3. The highest BCUT2D eigenvalue weighted by molar-refractivity contribution is 5.64. The maximum absolute atomic E-state index is 4.54. The SMILES string of the molecule is CCCNCc1ncc(-c2c(C)nn(CC)c2C)[nH]1. The first-order valence-corrected chi connectivity index (χ1v) is 6.96. The average molecular weight is 261 g/mol. The molecule has 0 aliphatic rings. The normalized spacial score (nSPS) is 11.2. The lowest BCUT2D eigenvalue weighted by Gasteiger charge is -2.01. The van der Waals surface area contributed by atoms with E-state index in [-0.39, 0.29) is 0 Å². The molecule has 0 aromatic carbocycles. The van der Waals surface area contributed by atoms with E-state index in [1.165, 1.54) is 11.3 Å². The first-order valence-electron chi connectivity index (χ1n) is 6.96. The molecular weight excluding hydrogens is 238 g/mol. The van der Waals surface area contributed by atoms with Crippen LogP contribution < -0.4 is 5.32 Å². The van der Waals surface area contributed by atoms with Gasteiger partial charge in [-0.05, 0) is 33.7 Å². The van der Waals surface area contributed by atoms with E-state index in [1.54, 1.807) is 0 Å². The Labute approximate surface area is 114 Å². The van der Waals surface area contributed by atoms with Crippen molar-refractivity contribution in [3.05, 3.63) is 23.4 Å². The van der Waals surface area contributed by atoms with Crippen LogP contribution in [0.4, 0.5) is 0 Å². The number of aromatic nitrogens is 4. The molecule has 0 saturated heterocycles. The Hall–Kier alpha value is -1.62. The molecule has 2 aromatic rings. The van der Waals surface area contributed by atoms with Gasteiger partial charge in [0.2, 0.25) is 0 Å². The summed E-state index contributed by atoms with van der Waals surface area (Å²) in [6.45, 7) is 11.1. The molecule has 19 heavy (non-hydrogen) atoms. The highest BCUT2D eigenvalue weighted by Crippen LogP contribution is 2.25. The van der Waals surface area contributed by atoms with Crippen molar-refractivity contribution in [1.82, 2.24) is 25.1 Å². The van der Waals surface area contributed by atoms with Crippen molar-refractivity contribution >= 4 is 0 Å². The molecule has 0 atom stereocenters. The van der Waals surface area contributed by atoms with Gasteiger partial charge in [0, 0.05) is 17.8 Å². The lowest BCUT2D eigenvalue weighted by atomic mass is 10.1. The van der Waals surface area contributed by atoms with Crippen molar-refractivity contribution in [2.75, 3.05) is 6.54 Å². The minimum absolute atomic E-state index is 0.786. The van der Waals surface area contributed by atoms with Gasteiger partial charge >= 0.3 is 0 Å². The Morgan fingerprint density at radius 3 is 2.74 bits per heavy atom. The molecule has 2 heterocycles. The second kappa shape index (κ2) is 6.02. The molecule has 5 nitrogen and oxygen atoms in total. The van der Waals surface area contributed by atoms with Crippen LogP contribution in [0.5, 0.6) is 0 Å². The van der Waals surface area contributed by atoms with Crippen molar-refractivity contribution in [3.63, 3.8) is 0 Å². The van der Waals surface area contributed by atoms with E-state index in [0.717, 1.165) is 43.3 Å². The maximum atomic E-state index is 4.54. The van der Waals surface area contributed by atoms with Crippen molar-refractivity contribution in [1.29, 1.82) is 0 Å². The van der Waals surface area contributed by atoms with E-state index in [2.05, 4.69) is 41.2 Å². The van der Waals surface area contributed by atoms with Crippen LogP contribution in [-0.2, 0) is 13.1 Å². The third kappa shape index (κ3) is 2.87. The van der Waals surface area contributed by atoms with E-state index in [4.69, 9.17) is 0 Å². The van der Waals surface area contributed by atoms with Crippen molar-refractivity contribution < 1.29 is 0 Å². The van der Waals surface area contributed by atoms with Gasteiger partial charge in [-0.15, -0.1) is 0 Å². The summed E-state index contributed by atoms with van der Waals surface area (Å²) in [5, 5.41) is 7.89. The first-order chi connectivity index (χ1) is 9.17. The van der Waals surface area contributed by atoms with E-state index in [1.807, 2.05) is 17.8 Å². The number of imidazole rings is 1. The molecule has 0 fully saturated rings. The molecule has 5 heteroatoms. The van der Waals surface area contributed by atoms with Crippen molar-refractivity contribution in [3.8, 4) is 11.3 Å². The van der Waals surface area contributed by atoms with Crippen LogP contribution in [0.3, 0.4) is 0 Å². The lowest BCUT2D eigenvalue weighted by Crippen LogP contribution is -2.14. The Kier molecular flexibility index (Phi) is 4.37. The fourth-order valence-electron chi connectivity index (χ4n) is 2.36. The topological polar surface area (TPSA) is 58.5 Å². The van der Waals surface area contributed by atoms with Gasteiger partial charge < -0.3 is 10.3 Å². The molecule has 0 bridgehead atoms. The van der Waals surface area contributed by atoms with Crippen molar-refractivity contribution in [2.24, 2.45) is 0 Å². The number of nitrogens with zero attached hydrogens (tertiary/aromatic N) is 3. The Bertz CT molecular complexity index is 538. The minimum Gasteiger partial charge on any atom is -0.341 e. The van der Waals surface area contributed by atoms with Crippen LogP contribution in [0.15, 0.2) is 6.20 Å². The van der Waals surface area contributed by atoms with Gasteiger partial charge in [-0.3, -0.25) is 4.68 Å². The van der Waals surface area contributed by atoms with Gasteiger partial charge in [-0.1, -0.05) is 6.92 Å². The zero-order valence-electron chi connectivity index (χ0n) is 12.2. The van der Waals surface area contributed by atoms with E-state index < -0.39 is 0 Å². The Balaban J connectivity index is 2.20. The standard InChI is InChI=1S/C14H23N5/c1-5-7-15-9-13-16-8-12(17-13)14-10(3)18-19(6-2)11(14)4/h8,15H,5-7,9H2,1-4H3,(H,16,17). The number of hydrogen-bond donors (Lipinski definition) is 2. The maximum Gasteiger partial charge on any atom is 0.120 e. The molecule has 0 spiro atoms. The monoisotopic (exact) mass is 261 g/mol. The van der Waals surface area contributed by atoms with Crippen LogP contribution in [0, 0.1) is 13.8 Å². The van der Waals surface area contributed by atoms with Gasteiger partial charge in [0.15, 0.2) is 0 Å². The quantitative estimate of drug-likeness (QED) is 0.785. The van der Waals surface area contributed by atoms with Gasteiger partial charge in [0.05, 0.1) is 24.1 Å². The fraction of sp³-hybridized carbons (Fsp3) is 0.571. The summed E-state index contributed by atoms with van der Waals surface area (Å²) >= 11 is 0. The summed E-state index contributed by atoms with van der Waals surface area (Å²) in [7, 11) is 0. The van der Waals surface area contributed by atoms with Crippen LogP contribution in [0.25, 0.3) is 11.3 Å². The second-order valence-electron chi connectivity index (χ2n) is 4.78. The van der Waals surface area contributed by atoms with E-state index in [9.17, 15) is 0 Å². The molecule has 0 radical (unpaired) electrons. The summed E-state index contributed by atoms with van der Waals surface area (Å²) in [6, 6.07) is 0. The summed E-state index contributed by atoms with van der Waals surface area (Å²) < 4.78 is 2.03. The van der Waals surface area contributed by atoms with Gasteiger partial charge in [-0.2, -0.15) is 5.10 Å². The summed E-state index contributed by atoms with van der Waals surface area (Å²) in [4.78, 5) is 7.81. The lowest BCUT2D eigenvalue weighted by molar-refractivity contribution is 0.634. The van der Waals surface area contributed by atoms with Gasteiger partial charge in [-0.25, -0.2) is 4.98 Å². The number of aryl methyl sites for hydroxylation is 2. The Morgan fingerprint density at radius 2 is 2.11 bits per heavy atom. The van der Waals surface area contributed by atoms with E-state index >= 15 is 0 Å². The van der Waals surface area contributed by atoms with Gasteiger partial charge in [0.1, 0.15) is 5.82 Å². The molecule has 0 amide bonds. The summed E-state index contributed by atoms with van der Waals surface area (Å²) in [6.07, 6.45) is 3.04. The number of nitrogens with one attached hydrogen (secondary N) is 2. The molecule has 0 unspecified atom stereocenters. The molecule has 104 valence electrons. The van der Waals surface area contributed by atoms with Crippen LogP contribution in [0.2, 0.25) is 0 Å². The summed E-state index contributed by atoms with van der Waals surface area (Å²) in [5.41, 5.74) is 4.48. The number of H-pyrrole nitrogens is 1. The average Bonchev–Trinajstić information content (AvgIpc) is 2.94. The molecule has 2 N–H and O–H groups in total. The highest BCUT2D eigenvalue weighted by atomic mass is 15.3. The van der Waals surface area contributed by atoms with Crippen molar-refractivity contribution in [2.45, 2.75) is 47.2 Å². The molecule has 0 aliphatic heterocycles. The van der Waals surface area contributed by atoms with Crippen LogP contribution in [-0.4, -0.2) is 26.3 Å². The van der Waals surface area contributed by atoms with Gasteiger partial charge in [0.25, 0.3) is 0 Å². The molecule has 0 aliphatic carbocycles. The number of aromatic amines is 1. The fourth-order valence-corrected chi connectivity index (χ4v) is 2.36. The second-order valence-corrected chi connectivity index (χ2v) is 4.78. The molecule has 0 saturated carbocycles. The predicted molar refractivity (Wildman–Crippen MR) is 77.0 cm³/mol. The zero-order valence-corrected chi connectivity index (χ0v) is 12.2. The van der Waals surface area contributed by atoms with Crippen LogP contribution >= 0.6 is 0 Å². The third-order valence-electron chi connectivity index (χ3n) is 3.30.